The Morgan fingerprint density at radius 1 is 1.43 bits per heavy atom. The molecule has 3 amide bonds. The highest BCUT2D eigenvalue weighted by molar-refractivity contribution is 9.10. The van der Waals surface area contributed by atoms with Crippen LogP contribution in [0.5, 0.6) is 0 Å². The van der Waals surface area contributed by atoms with Crippen molar-refractivity contribution in [2.75, 3.05) is 6.54 Å². The number of imide groups is 1. The largest absolute Gasteiger partial charge is 0.342 e. The molecule has 0 unspecified atom stereocenters. The van der Waals surface area contributed by atoms with E-state index in [-0.39, 0.29) is 12.5 Å². The van der Waals surface area contributed by atoms with E-state index in [1.54, 1.807) is 19.9 Å². The summed E-state index contributed by atoms with van der Waals surface area (Å²) in [6, 6.07) is 1.71. The third kappa shape index (κ3) is 2.88. The van der Waals surface area contributed by atoms with Crippen LogP contribution in [0, 0.1) is 0 Å². The average molecular weight is 356 g/mol. The van der Waals surface area contributed by atoms with Crippen molar-refractivity contribution in [1.29, 1.82) is 0 Å². The van der Waals surface area contributed by atoms with Crippen LogP contribution in [0.4, 0.5) is 0 Å². The molecule has 0 aliphatic carbocycles. The lowest BCUT2D eigenvalue weighted by Gasteiger charge is -2.40. The van der Waals surface area contributed by atoms with Crippen molar-refractivity contribution in [3.63, 3.8) is 0 Å². The third-order valence-electron chi connectivity index (χ3n) is 3.58. The van der Waals surface area contributed by atoms with E-state index in [4.69, 9.17) is 0 Å². The summed E-state index contributed by atoms with van der Waals surface area (Å²) in [6.45, 7) is 5.86. The summed E-state index contributed by atoms with van der Waals surface area (Å²) in [4.78, 5) is 37.6. The van der Waals surface area contributed by atoms with E-state index in [1.165, 1.54) is 4.90 Å². The quantitative estimate of drug-likeness (QED) is 0.836. The summed E-state index contributed by atoms with van der Waals surface area (Å²) in [5.74, 6) is -1.23. The maximum atomic E-state index is 12.8. The van der Waals surface area contributed by atoms with Gasteiger partial charge in [-0.25, -0.2) is 0 Å². The predicted octanol–water partition coefficient (Wildman–Crippen LogP) is 1.54. The number of nitrogens with zero attached hydrogens (tertiary/aromatic N) is 2. The van der Waals surface area contributed by atoms with Gasteiger partial charge >= 0.3 is 0 Å². The standard InChI is InChI=1S/C14H18BrN3O3/c1-4-5-17-7-9(15)6-10(17)12(20)18-8-11(19)16-13(21)14(18,2)3/h6-7H,4-5,8H2,1-3H3,(H,16,19,21). The summed E-state index contributed by atoms with van der Waals surface area (Å²) in [5, 5.41) is 2.26. The maximum absolute atomic E-state index is 12.8. The van der Waals surface area contributed by atoms with Crippen molar-refractivity contribution in [2.45, 2.75) is 39.3 Å². The van der Waals surface area contributed by atoms with Crippen LogP contribution < -0.4 is 5.32 Å². The molecule has 0 radical (unpaired) electrons. The number of carbonyl (C=O) groups excluding carboxylic acids is 3. The number of piperazine rings is 1. The van der Waals surface area contributed by atoms with E-state index in [9.17, 15) is 14.4 Å². The lowest BCUT2D eigenvalue weighted by molar-refractivity contribution is -0.143. The third-order valence-corrected chi connectivity index (χ3v) is 4.01. The molecule has 0 aromatic carbocycles. The van der Waals surface area contributed by atoms with E-state index in [0.717, 1.165) is 10.9 Å². The number of aromatic nitrogens is 1. The number of hydrogen-bond donors (Lipinski definition) is 1. The van der Waals surface area contributed by atoms with Gasteiger partial charge in [0.05, 0.1) is 0 Å². The molecule has 1 fully saturated rings. The molecule has 0 saturated carbocycles. The monoisotopic (exact) mass is 355 g/mol. The van der Waals surface area contributed by atoms with Gasteiger partial charge in [-0.15, -0.1) is 0 Å². The highest BCUT2D eigenvalue weighted by atomic mass is 79.9. The molecule has 0 atom stereocenters. The zero-order valence-electron chi connectivity index (χ0n) is 12.3. The summed E-state index contributed by atoms with van der Waals surface area (Å²) in [5.41, 5.74) is -0.585. The minimum absolute atomic E-state index is 0.119. The number of halogens is 1. The summed E-state index contributed by atoms with van der Waals surface area (Å²) in [7, 11) is 0. The molecule has 2 rings (SSSR count). The predicted molar refractivity (Wildman–Crippen MR) is 80.7 cm³/mol. The molecule has 114 valence electrons. The molecule has 0 spiro atoms. The number of nitrogens with one attached hydrogen (secondary N) is 1. The van der Waals surface area contributed by atoms with Crippen LogP contribution in [0.2, 0.25) is 0 Å². The van der Waals surface area contributed by atoms with Gasteiger partial charge < -0.3 is 9.47 Å². The van der Waals surface area contributed by atoms with Crippen LogP contribution in [0.25, 0.3) is 0 Å². The van der Waals surface area contributed by atoms with Gasteiger partial charge in [-0.3, -0.25) is 19.7 Å². The highest BCUT2D eigenvalue weighted by Gasteiger charge is 2.44. The lowest BCUT2D eigenvalue weighted by Crippen LogP contribution is -2.65. The SMILES string of the molecule is CCCn1cc(Br)cc1C(=O)N1CC(=O)NC(=O)C1(C)C. The Hall–Kier alpha value is -1.63. The normalized spacial score (nSPS) is 17.8. The summed E-state index contributed by atoms with van der Waals surface area (Å²) >= 11 is 3.36. The molecule has 6 nitrogen and oxygen atoms in total. The first-order chi connectivity index (χ1) is 9.77. The first kappa shape index (κ1) is 15.8. The second-order valence-corrected chi connectivity index (χ2v) is 6.48. The molecule has 2 heterocycles. The van der Waals surface area contributed by atoms with Crippen LogP contribution in [0.3, 0.4) is 0 Å². The zero-order valence-corrected chi connectivity index (χ0v) is 13.9. The molecule has 1 aliphatic rings. The number of aryl methyl sites for hydroxylation is 1. The van der Waals surface area contributed by atoms with Gasteiger partial charge in [-0.1, -0.05) is 6.92 Å². The molecule has 0 bridgehead atoms. The summed E-state index contributed by atoms with van der Waals surface area (Å²) in [6.07, 6.45) is 2.71. The minimum atomic E-state index is -1.06. The first-order valence-electron chi connectivity index (χ1n) is 6.79. The van der Waals surface area contributed by atoms with Gasteiger partial charge in [0.25, 0.3) is 11.8 Å². The van der Waals surface area contributed by atoms with E-state index in [1.807, 2.05) is 17.7 Å². The molecular weight excluding hydrogens is 338 g/mol. The van der Waals surface area contributed by atoms with E-state index >= 15 is 0 Å². The number of carbonyl (C=O) groups is 3. The minimum Gasteiger partial charge on any atom is -0.342 e. The van der Waals surface area contributed by atoms with Gasteiger partial charge in [-0.2, -0.15) is 0 Å². The smallest absolute Gasteiger partial charge is 0.271 e. The van der Waals surface area contributed by atoms with Crippen molar-refractivity contribution in [1.82, 2.24) is 14.8 Å². The molecular formula is C14H18BrN3O3. The number of rotatable bonds is 3. The Labute approximate surface area is 131 Å². The van der Waals surface area contributed by atoms with Crippen LogP contribution >= 0.6 is 15.9 Å². The molecule has 21 heavy (non-hydrogen) atoms. The Morgan fingerprint density at radius 3 is 2.71 bits per heavy atom. The van der Waals surface area contributed by atoms with Gasteiger partial charge in [0.15, 0.2) is 0 Å². The first-order valence-corrected chi connectivity index (χ1v) is 7.58. The van der Waals surface area contributed by atoms with Gasteiger partial charge in [0, 0.05) is 17.2 Å². The van der Waals surface area contributed by atoms with Crippen molar-refractivity contribution in [2.24, 2.45) is 0 Å². The fraction of sp³-hybridized carbons (Fsp3) is 0.500. The summed E-state index contributed by atoms with van der Waals surface area (Å²) < 4.78 is 2.63. The van der Waals surface area contributed by atoms with Crippen molar-refractivity contribution < 1.29 is 14.4 Å². The van der Waals surface area contributed by atoms with Crippen LogP contribution in [0.1, 0.15) is 37.7 Å². The maximum Gasteiger partial charge on any atom is 0.271 e. The van der Waals surface area contributed by atoms with Gasteiger partial charge in [0.2, 0.25) is 5.91 Å². The number of amides is 3. The van der Waals surface area contributed by atoms with Gasteiger partial charge in [-0.05, 0) is 42.3 Å². The second-order valence-electron chi connectivity index (χ2n) is 5.56. The molecule has 7 heteroatoms. The Balaban J connectivity index is 2.38. The highest BCUT2D eigenvalue weighted by Crippen LogP contribution is 2.23. The van der Waals surface area contributed by atoms with Crippen LogP contribution in [-0.2, 0) is 16.1 Å². The molecule has 1 N–H and O–H groups in total. The second kappa shape index (κ2) is 5.63. The Morgan fingerprint density at radius 2 is 2.10 bits per heavy atom. The van der Waals surface area contributed by atoms with Crippen molar-refractivity contribution >= 4 is 33.7 Å². The number of hydrogen-bond acceptors (Lipinski definition) is 3. The fourth-order valence-corrected chi connectivity index (χ4v) is 2.79. The van der Waals surface area contributed by atoms with Gasteiger partial charge in [0.1, 0.15) is 17.8 Å². The average Bonchev–Trinajstić information content (AvgIpc) is 2.75. The lowest BCUT2D eigenvalue weighted by atomic mass is 9.98. The molecule has 1 aromatic rings. The zero-order chi connectivity index (χ0) is 15.8. The van der Waals surface area contributed by atoms with Crippen LogP contribution in [-0.4, -0.2) is 39.3 Å². The molecule has 1 aromatic heterocycles. The van der Waals surface area contributed by atoms with Crippen molar-refractivity contribution in [3.8, 4) is 0 Å². The Bertz CT molecular complexity index is 607. The van der Waals surface area contributed by atoms with E-state index in [0.29, 0.717) is 12.2 Å². The van der Waals surface area contributed by atoms with Crippen LogP contribution in [0.15, 0.2) is 16.7 Å². The fourth-order valence-electron chi connectivity index (χ4n) is 2.33. The topological polar surface area (TPSA) is 71.4 Å². The molecule has 1 aliphatic heterocycles. The van der Waals surface area contributed by atoms with E-state index in [2.05, 4.69) is 21.2 Å². The Kier molecular flexibility index (Phi) is 4.22. The molecule has 1 saturated heterocycles. The van der Waals surface area contributed by atoms with E-state index < -0.39 is 17.4 Å². The van der Waals surface area contributed by atoms with Crippen molar-refractivity contribution in [3.05, 3.63) is 22.4 Å².